The number of halogens is 4. The second kappa shape index (κ2) is 3.62. The normalized spacial score (nSPS) is 15.5. The monoisotopic (exact) mass is 358 g/mol. The first-order valence-electron chi connectivity index (χ1n) is 4.98. The maximum absolute atomic E-state index is 14.2. The van der Waals surface area contributed by atoms with Gasteiger partial charge in [0, 0.05) is 20.1 Å². The second-order valence-electron chi connectivity index (χ2n) is 3.95. The number of fused-ring (bicyclic) bond motifs is 3. The second-order valence-corrected chi connectivity index (χ2v) is 5.79. The SMILES string of the molecule is FC1(F)c2ccc(Br)cc2-c2cc(Br)ccc21. The predicted molar refractivity (Wildman–Crippen MR) is 70.3 cm³/mol. The van der Waals surface area contributed by atoms with Gasteiger partial charge in [-0.2, -0.15) is 8.78 Å². The van der Waals surface area contributed by atoms with Crippen molar-refractivity contribution < 1.29 is 8.78 Å². The van der Waals surface area contributed by atoms with Crippen LogP contribution in [0.5, 0.6) is 0 Å². The van der Waals surface area contributed by atoms with Crippen LogP contribution in [0.15, 0.2) is 45.3 Å². The number of benzene rings is 2. The minimum Gasteiger partial charge on any atom is -0.196 e. The van der Waals surface area contributed by atoms with Crippen molar-refractivity contribution in [3.05, 3.63) is 56.5 Å². The smallest absolute Gasteiger partial charge is 0.196 e. The Bertz CT molecular complexity index is 567. The first-order chi connectivity index (χ1) is 8.00. The highest BCUT2D eigenvalue weighted by Crippen LogP contribution is 2.51. The molecule has 0 spiro atoms. The van der Waals surface area contributed by atoms with Crippen molar-refractivity contribution in [2.24, 2.45) is 0 Å². The topological polar surface area (TPSA) is 0 Å². The fraction of sp³-hybridized carbons (Fsp3) is 0.0769. The quantitative estimate of drug-likeness (QED) is 0.596. The van der Waals surface area contributed by atoms with Gasteiger partial charge in [0.1, 0.15) is 0 Å². The average Bonchev–Trinajstić information content (AvgIpc) is 2.47. The van der Waals surface area contributed by atoms with E-state index < -0.39 is 5.92 Å². The summed E-state index contributed by atoms with van der Waals surface area (Å²) in [5.41, 5.74) is 1.35. The summed E-state index contributed by atoms with van der Waals surface area (Å²) in [5, 5.41) is 0. The van der Waals surface area contributed by atoms with Crippen molar-refractivity contribution in [2.75, 3.05) is 0 Å². The molecule has 2 aromatic rings. The minimum atomic E-state index is -2.90. The van der Waals surface area contributed by atoms with Crippen molar-refractivity contribution in [1.29, 1.82) is 0 Å². The van der Waals surface area contributed by atoms with Gasteiger partial charge in [0.2, 0.25) is 0 Å². The van der Waals surface area contributed by atoms with E-state index in [1.165, 1.54) is 12.1 Å². The van der Waals surface area contributed by atoms with Gasteiger partial charge in [0.25, 0.3) is 5.92 Å². The van der Waals surface area contributed by atoms with E-state index in [1.807, 2.05) is 0 Å². The fourth-order valence-electron chi connectivity index (χ4n) is 2.17. The Morgan fingerprint density at radius 1 is 0.765 bits per heavy atom. The molecule has 0 radical (unpaired) electrons. The van der Waals surface area contributed by atoms with Crippen molar-refractivity contribution in [1.82, 2.24) is 0 Å². The lowest BCUT2D eigenvalue weighted by atomic mass is 10.1. The molecule has 0 amide bonds. The molecule has 0 bridgehead atoms. The number of hydrogen-bond donors (Lipinski definition) is 0. The standard InChI is InChI=1S/C13H6Br2F2/c14-7-1-3-11-9(5-7)10-6-8(15)2-4-12(10)13(11,16)17/h1-6H. The first-order valence-corrected chi connectivity index (χ1v) is 6.57. The molecular formula is C13H6Br2F2. The van der Waals surface area contributed by atoms with E-state index >= 15 is 0 Å². The summed E-state index contributed by atoms with van der Waals surface area (Å²) in [6.45, 7) is 0. The van der Waals surface area contributed by atoms with Crippen molar-refractivity contribution in [3.63, 3.8) is 0 Å². The molecule has 0 N–H and O–H groups in total. The molecule has 0 saturated carbocycles. The predicted octanol–water partition coefficient (Wildman–Crippen LogP) is 5.33. The van der Waals surface area contributed by atoms with Crippen LogP contribution in [0.25, 0.3) is 11.1 Å². The molecule has 0 fully saturated rings. The Kier molecular flexibility index (Phi) is 2.42. The van der Waals surface area contributed by atoms with Crippen molar-refractivity contribution >= 4 is 31.9 Å². The number of rotatable bonds is 0. The van der Waals surface area contributed by atoms with Gasteiger partial charge in [-0.05, 0) is 35.4 Å². The Hall–Kier alpha value is -0.740. The summed E-state index contributed by atoms with van der Waals surface area (Å²) >= 11 is 6.63. The molecule has 1 aliphatic rings. The molecule has 1 aliphatic carbocycles. The lowest BCUT2D eigenvalue weighted by molar-refractivity contribution is 0.0480. The highest BCUT2D eigenvalue weighted by Gasteiger charge is 2.44. The Morgan fingerprint density at radius 2 is 1.18 bits per heavy atom. The van der Waals surface area contributed by atoms with Crippen LogP contribution >= 0.6 is 31.9 Å². The van der Waals surface area contributed by atoms with Gasteiger partial charge in [-0.1, -0.05) is 44.0 Å². The first kappa shape index (κ1) is 11.4. The van der Waals surface area contributed by atoms with E-state index in [4.69, 9.17) is 0 Å². The average molecular weight is 360 g/mol. The molecule has 0 heterocycles. The lowest BCUT2D eigenvalue weighted by Crippen LogP contribution is -2.10. The molecule has 0 nitrogen and oxygen atoms in total. The fourth-order valence-corrected chi connectivity index (χ4v) is 2.89. The summed E-state index contributed by atoms with van der Waals surface area (Å²) in [4.78, 5) is 0. The van der Waals surface area contributed by atoms with Gasteiger partial charge in [-0.25, -0.2) is 0 Å². The van der Waals surface area contributed by atoms with Crippen LogP contribution < -0.4 is 0 Å². The van der Waals surface area contributed by atoms with Crippen LogP contribution in [0.3, 0.4) is 0 Å². The van der Waals surface area contributed by atoms with Crippen LogP contribution in [-0.4, -0.2) is 0 Å². The van der Waals surface area contributed by atoms with Crippen LogP contribution in [0, 0.1) is 0 Å². The molecular weight excluding hydrogens is 354 g/mol. The molecule has 0 saturated heterocycles. The highest BCUT2D eigenvalue weighted by atomic mass is 79.9. The van der Waals surface area contributed by atoms with Crippen molar-refractivity contribution in [3.8, 4) is 11.1 Å². The van der Waals surface area contributed by atoms with E-state index in [0.717, 1.165) is 8.95 Å². The Balaban J connectivity index is 2.39. The zero-order valence-electron chi connectivity index (χ0n) is 8.48. The zero-order chi connectivity index (χ0) is 12.2. The van der Waals surface area contributed by atoms with Gasteiger partial charge in [-0.15, -0.1) is 0 Å². The van der Waals surface area contributed by atoms with Gasteiger partial charge < -0.3 is 0 Å². The molecule has 3 rings (SSSR count). The Morgan fingerprint density at radius 3 is 1.59 bits per heavy atom. The highest BCUT2D eigenvalue weighted by molar-refractivity contribution is 9.10. The van der Waals surface area contributed by atoms with Gasteiger partial charge in [0.15, 0.2) is 0 Å². The maximum Gasteiger partial charge on any atom is 0.299 e. The van der Waals surface area contributed by atoms with E-state index in [1.54, 1.807) is 24.3 Å². The van der Waals surface area contributed by atoms with E-state index in [0.29, 0.717) is 11.1 Å². The largest absolute Gasteiger partial charge is 0.299 e. The minimum absolute atomic E-state index is 0.0776. The maximum atomic E-state index is 14.2. The van der Waals surface area contributed by atoms with E-state index in [-0.39, 0.29) is 11.1 Å². The third-order valence-electron chi connectivity index (χ3n) is 2.93. The number of hydrogen-bond acceptors (Lipinski definition) is 0. The zero-order valence-corrected chi connectivity index (χ0v) is 11.6. The third-order valence-corrected chi connectivity index (χ3v) is 3.92. The summed E-state index contributed by atoms with van der Waals surface area (Å²) in [6, 6.07) is 9.73. The third kappa shape index (κ3) is 1.58. The van der Waals surface area contributed by atoms with Crippen molar-refractivity contribution in [2.45, 2.75) is 5.92 Å². The Labute approximate surface area is 114 Å². The van der Waals surface area contributed by atoms with Crippen LogP contribution in [0.2, 0.25) is 0 Å². The molecule has 4 heteroatoms. The van der Waals surface area contributed by atoms with E-state index in [9.17, 15) is 8.78 Å². The summed E-state index contributed by atoms with van der Waals surface area (Å²) in [7, 11) is 0. The van der Waals surface area contributed by atoms with Gasteiger partial charge in [-0.3, -0.25) is 0 Å². The van der Waals surface area contributed by atoms with Crippen LogP contribution in [-0.2, 0) is 5.92 Å². The number of alkyl halides is 2. The molecule has 86 valence electrons. The molecule has 0 atom stereocenters. The van der Waals surface area contributed by atoms with Gasteiger partial charge in [0.05, 0.1) is 0 Å². The molecule has 0 aliphatic heterocycles. The van der Waals surface area contributed by atoms with Crippen LogP contribution in [0.4, 0.5) is 8.78 Å². The summed E-state index contributed by atoms with van der Waals surface area (Å²) in [5.74, 6) is -2.90. The molecule has 0 unspecified atom stereocenters. The molecule has 17 heavy (non-hydrogen) atoms. The van der Waals surface area contributed by atoms with Gasteiger partial charge >= 0.3 is 0 Å². The molecule has 2 aromatic carbocycles. The lowest BCUT2D eigenvalue weighted by Gasteiger charge is -2.11. The van der Waals surface area contributed by atoms with Crippen LogP contribution in [0.1, 0.15) is 11.1 Å². The summed E-state index contributed by atoms with van der Waals surface area (Å²) in [6.07, 6.45) is 0. The summed E-state index contributed by atoms with van der Waals surface area (Å²) < 4.78 is 29.9. The molecule has 0 aromatic heterocycles. The van der Waals surface area contributed by atoms with E-state index in [2.05, 4.69) is 31.9 Å².